The van der Waals surface area contributed by atoms with Gasteiger partial charge in [-0.15, -0.1) is 0 Å². The van der Waals surface area contributed by atoms with Crippen molar-refractivity contribution >= 4 is 0 Å². The van der Waals surface area contributed by atoms with Crippen LogP contribution in [0.3, 0.4) is 0 Å². The van der Waals surface area contributed by atoms with Gasteiger partial charge in [0.25, 0.3) is 0 Å². The molecule has 0 aromatic rings. The Balaban J connectivity index is 1.82. The molecule has 3 aliphatic carbocycles. The Bertz CT molecular complexity index is 562. The molecule has 0 bridgehead atoms. The van der Waals surface area contributed by atoms with Crippen molar-refractivity contribution in [3.8, 4) is 0 Å². The summed E-state index contributed by atoms with van der Waals surface area (Å²) >= 11 is 0. The summed E-state index contributed by atoms with van der Waals surface area (Å²) in [7, 11) is 0. The third-order valence-electron chi connectivity index (χ3n) is 7.95. The Hall–Kier alpha value is -0.420. The maximum Gasteiger partial charge on any atom is 0.173 e. The lowest BCUT2D eigenvalue weighted by molar-refractivity contribution is -0.300. The van der Waals surface area contributed by atoms with E-state index in [1.807, 2.05) is 0 Å². The number of rotatable bonds is 0. The molecule has 4 aliphatic rings. The fourth-order valence-corrected chi connectivity index (χ4v) is 6.91. The molecule has 4 nitrogen and oxygen atoms in total. The van der Waals surface area contributed by atoms with Gasteiger partial charge in [-0.25, -0.2) is 0 Å². The Kier molecular flexibility index (Phi) is 3.59. The number of hydrogen-bond donors (Lipinski definition) is 2. The highest BCUT2D eigenvalue weighted by atomic mass is 16.7. The van der Waals surface area contributed by atoms with Gasteiger partial charge < -0.3 is 19.7 Å². The number of allylic oxidation sites excluding steroid dienone is 1. The van der Waals surface area contributed by atoms with Crippen LogP contribution in [0.1, 0.15) is 59.8 Å². The zero-order chi connectivity index (χ0) is 17.4. The second kappa shape index (κ2) is 5.06. The largest absolute Gasteiger partial charge is 0.393 e. The van der Waals surface area contributed by atoms with Crippen molar-refractivity contribution in [2.24, 2.45) is 22.2 Å². The lowest BCUT2D eigenvalue weighted by atomic mass is 9.42. The molecule has 4 rings (SSSR count). The Morgan fingerprint density at radius 3 is 2.33 bits per heavy atom. The summed E-state index contributed by atoms with van der Waals surface area (Å²) in [5, 5.41) is 21.9. The standard InChI is InChI=1S/C20H32O4/c1-17(2)16-13(21)12-19(4)14(6-5-7-15(19)22)18(16,3)8-9-20(17)23-10-11-24-20/h6,13,15-16,21-22H,5,7-12H2,1-4H3/t13-,15+,16-,18+,19+/m0/s1. The van der Waals surface area contributed by atoms with Crippen LogP contribution in [0.25, 0.3) is 0 Å². The third kappa shape index (κ3) is 1.89. The Morgan fingerprint density at radius 1 is 1.00 bits per heavy atom. The average Bonchev–Trinajstić information content (AvgIpc) is 2.96. The summed E-state index contributed by atoms with van der Waals surface area (Å²) in [6, 6.07) is 0. The van der Waals surface area contributed by atoms with Crippen molar-refractivity contribution in [2.45, 2.75) is 77.8 Å². The molecule has 3 fully saturated rings. The van der Waals surface area contributed by atoms with Gasteiger partial charge in [0.15, 0.2) is 5.79 Å². The number of ether oxygens (including phenoxy) is 2. The van der Waals surface area contributed by atoms with E-state index in [0.717, 1.165) is 25.7 Å². The van der Waals surface area contributed by atoms with Crippen molar-refractivity contribution in [3.63, 3.8) is 0 Å². The molecule has 1 spiro atoms. The number of fused-ring (bicyclic) bond motifs is 3. The molecule has 2 saturated carbocycles. The lowest BCUT2D eigenvalue weighted by Gasteiger charge is -2.66. The lowest BCUT2D eigenvalue weighted by Crippen LogP contribution is -2.66. The first-order valence-electron chi connectivity index (χ1n) is 9.53. The van der Waals surface area contributed by atoms with Crippen LogP contribution in [0.5, 0.6) is 0 Å². The summed E-state index contributed by atoms with van der Waals surface area (Å²) in [6.45, 7) is 10.1. The maximum absolute atomic E-state index is 11.2. The summed E-state index contributed by atoms with van der Waals surface area (Å²) in [5.74, 6) is -0.499. The minimum atomic E-state index is -0.570. The minimum absolute atomic E-state index is 0.0708. The van der Waals surface area contributed by atoms with Crippen molar-refractivity contribution < 1.29 is 19.7 Å². The van der Waals surface area contributed by atoms with Gasteiger partial charge in [0.1, 0.15) is 0 Å². The predicted octanol–water partition coefficient (Wildman–Crippen LogP) is 3.02. The van der Waals surface area contributed by atoms with Gasteiger partial charge in [0, 0.05) is 23.2 Å². The predicted molar refractivity (Wildman–Crippen MR) is 91.3 cm³/mol. The van der Waals surface area contributed by atoms with Gasteiger partial charge in [0.2, 0.25) is 0 Å². The van der Waals surface area contributed by atoms with Crippen molar-refractivity contribution in [1.29, 1.82) is 0 Å². The normalized spacial score (nSPS) is 49.4. The van der Waals surface area contributed by atoms with Gasteiger partial charge in [-0.05, 0) is 31.1 Å². The molecule has 0 radical (unpaired) electrons. The summed E-state index contributed by atoms with van der Waals surface area (Å²) in [6.07, 6.45) is 5.69. The van der Waals surface area contributed by atoms with Crippen LogP contribution in [-0.4, -0.2) is 41.4 Å². The van der Waals surface area contributed by atoms with Crippen LogP contribution < -0.4 is 0 Å². The van der Waals surface area contributed by atoms with E-state index < -0.39 is 11.9 Å². The first kappa shape index (κ1) is 17.0. The van der Waals surface area contributed by atoms with E-state index in [1.165, 1.54) is 5.57 Å². The minimum Gasteiger partial charge on any atom is -0.393 e. The van der Waals surface area contributed by atoms with E-state index in [2.05, 4.69) is 33.8 Å². The van der Waals surface area contributed by atoms with Gasteiger partial charge in [-0.1, -0.05) is 39.3 Å². The van der Waals surface area contributed by atoms with E-state index in [9.17, 15) is 10.2 Å². The van der Waals surface area contributed by atoms with Crippen molar-refractivity contribution in [3.05, 3.63) is 11.6 Å². The van der Waals surface area contributed by atoms with Crippen LogP contribution in [0.15, 0.2) is 11.6 Å². The molecule has 0 aromatic carbocycles. The second-order valence-electron chi connectivity index (χ2n) is 9.47. The fourth-order valence-electron chi connectivity index (χ4n) is 6.91. The highest BCUT2D eigenvalue weighted by Gasteiger charge is 2.68. The van der Waals surface area contributed by atoms with E-state index >= 15 is 0 Å². The van der Waals surface area contributed by atoms with Gasteiger partial charge >= 0.3 is 0 Å². The van der Waals surface area contributed by atoms with E-state index in [-0.39, 0.29) is 28.3 Å². The molecule has 2 N–H and O–H groups in total. The number of aliphatic hydroxyl groups is 2. The molecular weight excluding hydrogens is 304 g/mol. The monoisotopic (exact) mass is 336 g/mol. The van der Waals surface area contributed by atoms with Crippen molar-refractivity contribution in [2.75, 3.05) is 13.2 Å². The molecular formula is C20H32O4. The van der Waals surface area contributed by atoms with Crippen LogP contribution in [-0.2, 0) is 9.47 Å². The van der Waals surface area contributed by atoms with E-state index in [4.69, 9.17) is 9.47 Å². The highest BCUT2D eigenvalue weighted by molar-refractivity contribution is 5.34. The molecule has 1 aliphatic heterocycles. The zero-order valence-electron chi connectivity index (χ0n) is 15.5. The molecule has 4 heteroatoms. The zero-order valence-corrected chi connectivity index (χ0v) is 15.5. The van der Waals surface area contributed by atoms with E-state index in [1.54, 1.807) is 0 Å². The molecule has 1 heterocycles. The van der Waals surface area contributed by atoms with Crippen LogP contribution in [0.4, 0.5) is 0 Å². The van der Waals surface area contributed by atoms with Crippen LogP contribution in [0, 0.1) is 22.2 Å². The summed E-state index contributed by atoms with van der Waals surface area (Å²) in [4.78, 5) is 0. The highest BCUT2D eigenvalue weighted by Crippen LogP contribution is 2.68. The second-order valence-corrected chi connectivity index (χ2v) is 9.47. The molecule has 24 heavy (non-hydrogen) atoms. The van der Waals surface area contributed by atoms with Crippen molar-refractivity contribution in [1.82, 2.24) is 0 Å². The van der Waals surface area contributed by atoms with Gasteiger partial charge in [-0.2, -0.15) is 0 Å². The number of aliphatic hydroxyl groups excluding tert-OH is 2. The maximum atomic E-state index is 11.2. The first-order chi connectivity index (χ1) is 11.2. The van der Waals surface area contributed by atoms with Crippen LogP contribution >= 0.6 is 0 Å². The topological polar surface area (TPSA) is 58.9 Å². The molecule has 0 amide bonds. The summed E-state index contributed by atoms with van der Waals surface area (Å²) < 4.78 is 12.2. The van der Waals surface area contributed by atoms with Crippen LogP contribution in [0.2, 0.25) is 0 Å². The van der Waals surface area contributed by atoms with Gasteiger partial charge in [0.05, 0.1) is 25.4 Å². The summed E-state index contributed by atoms with van der Waals surface area (Å²) in [5.41, 5.74) is 0.671. The quantitative estimate of drug-likeness (QED) is 0.668. The molecule has 1 saturated heterocycles. The molecule has 0 aromatic heterocycles. The smallest absolute Gasteiger partial charge is 0.173 e. The molecule has 0 unspecified atom stereocenters. The van der Waals surface area contributed by atoms with Gasteiger partial charge in [-0.3, -0.25) is 0 Å². The Morgan fingerprint density at radius 2 is 1.67 bits per heavy atom. The molecule has 5 atom stereocenters. The first-order valence-corrected chi connectivity index (χ1v) is 9.53. The third-order valence-corrected chi connectivity index (χ3v) is 7.95. The Labute approximate surface area is 145 Å². The molecule has 136 valence electrons. The SMILES string of the molecule is CC1(C)[C@@H]2[C@@H](O)C[C@]3(C)C(=CCC[C@H]3O)[C@@]2(C)CCC12OCCO2. The fraction of sp³-hybridized carbons (Fsp3) is 0.900. The average molecular weight is 336 g/mol. The number of hydrogen-bond acceptors (Lipinski definition) is 4. The van der Waals surface area contributed by atoms with E-state index in [0.29, 0.717) is 19.6 Å².